The fraction of sp³-hybridized carbons (Fsp3) is 0.571. The van der Waals surface area contributed by atoms with Crippen LogP contribution in [0.25, 0.3) is 0 Å². The molecule has 0 N–H and O–H groups in total. The standard InChI is InChI=1S/C14H22N2O/c1-11(2)14(17)12(8-10-16(3)4)13-7-5-6-9-15-13/h5-7,9,11-12H,8,10H2,1-4H3. The van der Waals surface area contributed by atoms with Gasteiger partial charge in [0.05, 0.1) is 11.6 Å². The van der Waals surface area contributed by atoms with E-state index in [9.17, 15) is 4.79 Å². The molecule has 94 valence electrons. The van der Waals surface area contributed by atoms with Crippen LogP contribution in [-0.2, 0) is 4.79 Å². The zero-order valence-corrected chi connectivity index (χ0v) is 11.2. The van der Waals surface area contributed by atoms with Crippen LogP contribution in [0.4, 0.5) is 0 Å². The number of Topliss-reactive ketones (excluding diaryl/α,β-unsaturated/α-hetero) is 1. The molecular formula is C14H22N2O. The van der Waals surface area contributed by atoms with Crippen LogP contribution in [0.3, 0.4) is 0 Å². The van der Waals surface area contributed by atoms with E-state index >= 15 is 0 Å². The van der Waals surface area contributed by atoms with E-state index < -0.39 is 0 Å². The van der Waals surface area contributed by atoms with Crippen molar-refractivity contribution in [2.45, 2.75) is 26.2 Å². The van der Waals surface area contributed by atoms with Crippen molar-refractivity contribution in [1.29, 1.82) is 0 Å². The van der Waals surface area contributed by atoms with Crippen LogP contribution in [-0.4, -0.2) is 36.3 Å². The van der Waals surface area contributed by atoms with Gasteiger partial charge >= 0.3 is 0 Å². The first-order chi connectivity index (χ1) is 8.02. The van der Waals surface area contributed by atoms with E-state index in [1.54, 1.807) is 6.20 Å². The number of pyridine rings is 1. The smallest absolute Gasteiger partial charge is 0.144 e. The Bertz CT molecular complexity index is 346. The Kier molecular flexibility index (Phi) is 5.29. The summed E-state index contributed by atoms with van der Waals surface area (Å²) in [5.74, 6) is 0.272. The van der Waals surface area contributed by atoms with E-state index in [2.05, 4.69) is 9.88 Å². The second kappa shape index (κ2) is 6.50. The summed E-state index contributed by atoms with van der Waals surface area (Å²) >= 11 is 0. The topological polar surface area (TPSA) is 33.2 Å². The fourth-order valence-electron chi connectivity index (χ4n) is 1.81. The molecule has 1 aromatic heterocycles. The van der Waals surface area contributed by atoms with Crippen LogP contribution >= 0.6 is 0 Å². The Balaban J connectivity index is 2.83. The number of hydrogen-bond donors (Lipinski definition) is 0. The van der Waals surface area contributed by atoms with E-state index in [0.717, 1.165) is 18.7 Å². The molecule has 1 aromatic rings. The van der Waals surface area contributed by atoms with Crippen LogP contribution in [0.2, 0.25) is 0 Å². The molecule has 0 radical (unpaired) electrons. The van der Waals surface area contributed by atoms with E-state index in [1.807, 2.05) is 46.1 Å². The molecule has 17 heavy (non-hydrogen) atoms. The molecule has 0 saturated carbocycles. The van der Waals surface area contributed by atoms with E-state index in [0.29, 0.717) is 0 Å². The van der Waals surface area contributed by atoms with Gasteiger partial charge in [0.2, 0.25) is 0 Å². The zero-order chi connectivity index (χ0) is 12.8. The number of rotatable bonds is 6. The predicted molar refractivity (Wildman–Crippen MR) is 70.0 cm³/mol. The Morgan fingerprint density at radius 1 is 1.35 bits per heavy atom. The van der Waals surface area contributed by atoms with Gasteiger partial charge in [-0.3, -0.25) is 9.78 Å². The average Bonchev–Trinajstić information content (AvgIpc) is 2.30. The largest absolute Gasteiger partial charge is 0.309 e. The Labute approximate surface area is 104 Å². The zero-order valence-electron chi connectivity index (χ0n) is 11.2. The number of carbonyl (C=O) groups excluding carboxylic acids is 1. The highest BCUT2D eigenvalue weighted by molar-refractivity contribution is 5.86. The maximum Gasteiger partial charge on any atom is 0.144 e. The molecule has 1 atom stereocenters. The molecule has 0 fully saturated rings. The SMILES string of the molecule is CC(C)C(=O)C(CCN(C)C)c1ccccn1. The van der Waals surface area contributed by atoms with Crippen molar-refractivity contribution in [1.82, 2.24) is 9.88 Å². The Morgan fingerprint density at radius 2 is 2.06 bits per heavy atom. The van der Waals surface area contributed by atoms with Crippen LogP contribution < -0.4 is 0 Å². The van der Waals surface area contributed by atoms with E-state index in [4.69, 9.17) is 0 Å². The first-order valence-corrected chi connectivity index (χ1v) is 6.11. The van der Waals surface area contributed by atoms with Gasteiger partial charge in [-0.05, 0) is 39.2 Å². The summed E-state index contributed by atoms with van der Waals surface area (Å²) in [5, 5.41) is 0. The van der Waals surface area contributed by atoms with Crippen LogP contribution in [0.15, 0.2) is 24.4 Å². The van der Waals surface area contributed by atoms with Gasteiger partial charge in [0.25, 0.3) is 0 Å². The molecule has 0 aromatic carbocycles. The Hall–Kier alpha value is -1.22. The van der Waals surface area contributed by atoms with Gasteiger partial charge in [-0.2, -0.15) is 0 Å². The summed E-state index contributed by atoms with van der Waals surface area (Å²) in [6.07, 6.45) is 2.59. The summed E-state index contributed by atoms with van der Waals surface area (Å²) in [7, 11) is 4.05. The molecule has 0 aliphatic rings. The monoisotopic (exact) mass is 234 g/mol. The minimum absolute atomic E-state index is 0.0594. The number of nitrogens with zero attached hydrogens (tertiary/aromatic N) is 2. The maximum atomic E-state index is 12.2. The third-order valence-electron chi connectivity index (χ3n) is 2.82. The summed E-state index contributed by atoms with van der Waals surface area (Å²) in [6, 6.07) is 5.77. The lowest BCUT2D eigenvalue weighted by Gasteiger charge is -2.19. The highest BCUT2D eigenvalue weighted by Gasteiger charge is 2.23. The van der Waals surface area contributed by atoms with Crippen molar-refractivity contribution in [3.63, 3.8) is 0 Å². The maximum absolute atomic E-state index is 12.2. The van der Waals surface area contributed by atoms with Crippen molar-refractivity contribution < 1.29 is 4.79 Å². The highest BCUT2D eigenvalue weighted by Crippen LogP contribution is 2.22. The van der Waals surface area contributed by atoms with Crippen molar-refractivity contribution in [3.05, 3.63) is 30.1 Å². The van der Waals surface area contributed by atoms with Crippen LogP contribution in [0.1, 0.15) is 31.9 Å². The van der Waals surface area contributed by atoms with Gasteiger partial charge in [0, 0.05) is 12.1 Å². The second-order valence-corrected chi connectivity index (χ2v) is 4.96. The van der Waals surface area contributed by atoms with Gasteiger partial charge in [0.1, 0.15) is 5.78 Å². The lowest BCUT2D eigenvalue weighted by Crippen LogP contribution is -2.24. The summed E-state index contributed by atoms with van der Waals surface area (Å²) in [6.45, 7) is 4.81. The molecule has 3 heteroatoms. The first-order valence-electron chi connectivity index (χ1n) is 6.11. The van der Waals surface area contributed by atoms with E-state index in [-0.39, 0.29) is 17.6 Å². The number of aromatic nitrogens is 1. The van der Waals surface area contributed by atoms with Gasteiger partial charge in [-0.15, -0.1) is 0 Å². The summed E-state index contributed by atoms with van der Waals surface area (Å²) in [5.41, 5.74) is 0.896. The molecule has 0 saturated heterocycles. The molecule has 1 heterocycles. The number of ketones is 1. The lowest BCUT2D eigenvalue weighted by molar-refractivity contribution is -0.123. The van der Waals surface area contributed by atoms with Crippen molar-refractivity contribution in [2.75, 3.05) is 20.6 Å². The van der Waals surface area contributed by atoms with Gasteiger partial charge in [-0.1, -0.05) is 19.9 Å². The lowest BCUT2D eigenvalue weighted by atomic mass is 9.89. The molecule has 0 amide bonds. The first kappa shape index (κ1) is 13.8. The molecule has 0 spiro atoms. The number of carbonyl (C=O) groups is 1. The number of hydrogen-bond acceptors (Lipinski definition) is 3. The van der Waals surface area contributed by atoms with Crippen molar-refractivity contribution in [3.8, 4) is 0 Å². The third kappa shape index (κ3) is 4.27. The normalized spacial score (nSPS) is 13.1. The predicted octanol–water partition coefficient (Wildman–Crippen LogP) is 2.34. The fourth-order valence-corrected chi connectivity index (χ4v) is 1.81. The molecule has 0 bridgehead atoms. The molecule has 0 aliphatic heterocycles. The summed E-state index contributed by atoms with van der Waals surface area (Å²) < 4.78 is 0. The minimum atomic E-state index is -0.0707. The molecule has 0 aliphatic carbocycles. The van der Waals surface area contributed by atoms with E-state index in [1.165, 1.54) is 0 Å². The van der Waals surface area contributed by atoms with Gasteiger partial charge in [-0.25, -0.2) is 0 Å². The highest BCUT2D eigenvalue weighted by atomic mass is 16.1. The van der Waals surface area contributed by atoms with Crippen LogP contribution in [0, 0.1) is 5.92 Å². The van der Waals surface area contributed by atoms with Gasteiger partial charge in [0.15, 0.2) is 0 Å². The molecular weight excluding hydrogens is 212 g/mol. The van der Waals surface area contributed by atoms with Crippen molar-refractivity contribution >= 4 is 5.78 Å². The Morgan fingerprint density at radius 3 is 2.53 bits per heavy atom. The third-order valence-corrected chi connectivity index (χ3v) is 2.82. The molecule has 1 unspecified atom stereocenters. The van der Waals surface area contributed by atoms with Crippen molar-refractivity contribution in [2.24, 2.45) is 5.92 Å². The second-order valence-electron chi connectivity index (χ2n) is 4.96. The quantitative estimate of drug-likeness (QED) is 0.757. The van der Waals surface area contributed by atoms with Crippen LogP contribution in [0.5, 0.6) is 0 Å². The molecule has 1 rings (SSSR count). The molecule has 3 nitrogen and oxygen atoms in total. The van der Waals surface area contributed by atoms with Gasteiger partial charge < -0.3 is 4.90 Å². The summed E-state index contributed by atoms with van der Waals surface area (Å²) in [4.78, 5) is 18.6. The average molecular weight is 234 g/mol. The minimum Gasteiger partial charge on any atom is -0.309 e.